The first-order valence-corrected chi connectivity index (χ1v) is 6.69. The average Bonchev–Trinajstić information content (AvgIpc) is 3.17. The summed E-state index contributed by atoms with van der Waals surface area (Å²) in [5, 5.41) is 6.15. The molecule has 0 unspecified atom stereocenters. The number of nitrogens with one attached hydrogen (secondary N) is 2. The fourth-order valence-electron chi connectivity index (χ4n) is 1.49. The molecule has 1 saturated carbocycles. The molecule has 1 aliphatic rings. The maximum absolute atomic E-state index is 11.5. The van der Waals surface area contributed by atoms with Gasteiger partial charge in [0.05, 0.1) is 6.54 Å². The highest BCUT2D eigenvalue weighted by atomic mass is 35.5. The molecule has 1 aliphatic carbocycles. The van der Waals surface area contributed by atoms with E-state index in [-0.39, 0.29) is 12.5 Å². The molecule has 2 N–H and O–H groups in total. The molecule has 2 rings (SSSR count). The second-order valence-corrected chi connectivity index (χ2v) is 4.71. The second-order valence-electron chi connectivity index (χ2n) is 4.32. The standard InChI is InChI=1S/C12H17ClN4O2/c1-2-19-7-11-16-9(13)5-10(17-11)14-6-12(18)15-8-3-4-8/h5,8H,2-4,6-7H2,1H3,(H,15,18)(H,14,16,17). The Labute approximate surface area is 116 Å². The van der Waals surface area contributed by atoms with Gasteiger partial charge in [0.25, 0.3) is 0 Å². The third kappa shape index (κ3) is 5.00. The maximum atomic E-state index is 11.5. The highest BCUT2D eigenvalue weighted by Crippen LogP contribution is 2.18. The summed E-state index contributed by atoms with van der Waals surface area (Å²) in [7, 11) is 0. The van der Waals surface area contributed by atoms with E-state index in [0.29, 0.717) is 36.1 Å². The zero-order chi connectivity index (χ0) is 13.7. The molecule has 7 heteroatoms. The molecule has 1 amide bonds. The largest absolute Gasteiger partial charge is 0.374 e. The zero-order valence-corrected chi connectivity index (χ0v) is 11.5. The molecule has 1 heterocycles. The van der Waals surface area contributed by atoms with Crippen molar-refractivity contribution in [2.75, 3.05) is 18.5 Å². The second kappa shape index (κ2) is 6.68. The number of hydrogen-bond donors (Lipinski definition) is 2. The number of anilines is 1. The monoisotopic (exact) mass is 284 g/mol. The molecule has 0 bridgehead atoms. The quantitative estimate of drug-likeness (QED) is 0.739. The predicted octanol–water partition coefficient (Wildman–Crippen LogP) is 1.36. The molecule has 104 valence electrons. The molecule has 0 saturated heterocycles. The smallest absolute Gasteiger partial charge is 0.239 e. The highest BCUT2D eigenvalue weighted by molar-refractivity contribution is 6.29. The van der Waals surface area contributed by atoms with Gasteiger partial charge in [0.2, 0.25) is 5.91 Å². The first-order valence-electron chi connectivity index (χ1n) is 6.32. The Morgan fingerprint density at radius 3 is 3.00 bits per heavy atom. The van der Waals surface area contributed by atoms with Crippen LogP contribution in [0.2, 0.25) is 5.15 Å². The lowest BCUT2D eigenvalue weighted by Crippen LogP contribution is -2.31. The van der Waals surface area contributed by atoms with Crippen molar-refractivity contribution in [1.82, 2.24) is 15.3 Å². The average molecular weight is 285 g/mol. The normalized spacial score (nSPS) is 14.2. The first kappa shape index (κ1) is 14.0. The van der Waals surface area contributed by atoms with Crippen LogP contribution in [0.5, 0.6) is 0 Å². The number of carbonyl (C=O) groups excluding carboxylic acids is 1. The molecule has 0 aliphatic heterocycles. The lowest BCUT2D eigenvalue weighted by atomic mass is 10.5. The van der Waals surface area contributed by atoms with Gasteiger partial charge in [-0.25, -0.2) is 9.97 Å². The number of aromatic nitrogens is 2. The summed E-state index contributed by atoms with van der Waals surface area (Å²) in [6.07, 6.45) is 2.15. The SMILES string of the molecule is CCOCc1nc(Cl)cc(NCC(=O)NC2CC2)n1. The summed E-state index contributed by atoms with van der Waals surface area (Å²) < 4.78 is 5.23. The molecule has 0 spiro atoms. The molecule has 19 heavy (non-hydrogen) atoms. The molecule has 1 fully saturated rings. The van der Waals surface area contributed by atoms with Crippen molar-refractivity contribution < 1.29 is 9.53 Å². The van der Waals surface area contributed by atoms with Gasteiger partial charge in [-0.2, -0.15) is 0 Å². The summed E-state index contributed by atoms with van der Waals surface area (Å²) in [4.78, 5) is 19.8. The van der Waals surface area contributed by atoms with Gasteiger partial charge in [-0.05, 0) is 19.8 Å². The van der Waals surface area contributed by atoms with Crippen molar-refractivity contribution in [2.24, 2.45) is 0 Å². The Balaban J connectivity index is 1.87. The summed E-state index contributed by atoms with van der Waals surface area (Å²) in [6, 6.07) is 1.94. The summed E-state index contributed by atoms with van der Waals surface area (Å²) >= 11 is 5.89. The van der Waals surface area contributed by atoms with E-state index in [9.17, 15) is 4.79 Å². The molecule has 0 aromatic carbocycles. The topological polar surface area (TPSA) is 76.1 Å². The van der Waals surface area contributed by atoms with Gasteiger partial charge in [-0.15, -0.1) is 0 Å². The van der Waals surface area contributed by atoms with Crippen LogP contribution in [0.15, 0.2) is 6.07 Å². The van der Waals surface area contributed by atoms with Gasteiger partial charge in [0.1, 0.15) is 17.6 Å². The highest BCUT2D eigenvalue weighted by Gasteiger charge is 2.22. The molecule has 1 aromatic rings. The number of amides is 1. The van der Waals surface area contributed by atoms with Gasteiger partial charge in [0, 0.05) is 18.7 Å². The predicted molar refractivity (Wildman–Crippen MR) is 72.0 cm³/mol. The lowest BCUT2D eigenvalue weighted by molar-refractivity contribution is -0.119. The Kier molecular flexibility index (Phi) is 4.93. The van der Waals surface area contributed by atoms with Crippen molar-refractivity contribution in [1.29, 1.82) is 0 Å². The van der Waals surface area contributed by atoms with Crippen molar-refractivity contribution in [3.8, 4) is 0 Å². The molecular formula is C12H17ClN4O2. The van der Waals surface area contributed by atoms with Crippen LogP contribution < -0.4 is 10.6 Å². The van der Waals surface area contributed by atoms with E-state index in [2.05, 4.69) is 20.6 Å². The van der Waals surface area contributed by atoms with Crippen LogP contribution in [-0.4, -0.2) is 35.1 Å². The lowest BCUT2D eigenvalue weighted by Gasteiger charge is -2.08. The summed E-state index contributed by atoms with van der Waals surface area (Å²) in [6.45, 7) is 2.96. The molecule has 6 nitrogen and oxygen atoms in total. The maximum Gasteiger partial charge on any atom is 0.239 e. The van der Waals surface area contributed by atoms with E-state index in [1.54, 1.807) is 6.07 Å². The number of hydrogen-bond acceptors (Lipinski definition) is 5. The number of nitrogens with zero attached hydrogens (tertiary/aromatic N) is 2. The van der Waals surface area contributed by atoms with Crippen LogP contribution in [0.25, 0.3) is 0 Å². The van der Waals surface area contributed by atoms with Gasteiger partial charge >= 0.3 is 0 Å². The van der Waals surface area contributed by atoms with Gasteiger partial charge < -0.3 is 15.4 Å². The minimum absolute atomic E-state index is 0.0383. The Hall–Kier alpha value is -1.40. The van der Waals surface area contributed by atoms with Crippen molar-refractivity contribution in [2.45, 2.75) is 32.4 Å². The van der Waals surface area contributed by atoms with E-state index in [1.807, 2.05) is 6.92 Å². The molecule has 0 radical (unpaired) electrons. The van der Waals surface area contributed by atoms with Crippen LogP contribution in [0, 0.1) is 0 Å². The van der Waals surface area contributed by atoms with Crippen molar-refractivity contribution >= 4 is 23.3 Å². The van der Waals surface area contributed by atoms with E-state index in [0.717, 1.165) is 12.8 Å². The minimum Gasteiger partial charge on any atom is -0.374 e. The van der Waals surface area contributed by atoms with E-state index in [1.165, 1.54) is 0 Å². The third-order valence-corrected chi connectivity index (χ3v) is 2.74. The third-order valence-electron chi connectivity index (χ3n) is 2.55. The van der Waals surface area contributed by atoms with Crippen molar-refractivity contribution in [3.63, 3.8) is 0 Å². The van der Waals surface area contributed by atoms with Crippen molar-refractivity contribution in [3.05, 3.63) is 17.0 Å². The fraction of sp³-hybridized carbons (Fsp3) is 0.583. The molecule has 1 aromatic heterocycles. The van der Waals surface area contributed by atoms with Gasteiger partial charge in [-0.1, -0.05) is 11.6 Å². The summed E-state index contributed by atoms with van der Waals surface area (Å²) in [5.74, 6) is 0.990. The minimum atomic E-state index is -0.0383. The van der Waals surface area contributed by atoms with E-state index >= 15 is 0 Å². The fourth-order valence-corrected chi connectivity index (χ4v) is 1.69. The summed E-state index contributed by atoms with van der Waals surface area (Å²) in [5.41, 5.74) is 0. The number of halogens is 1. The van der Waals surface area contributed by atoms with Crippen LogP contribution in [-0.2, 0) is 16.1 Å². The van der Waals surface area contributed by atoms with Crippen LogP contribution in [0.1, 0.15) is 25.6 Å². The Bertz CT molecular complexity index is 451. The first-order chi connectivity index (χ1) is 9.17. The zero-order valence-electron chi connectivity index (χ0n) is 10.8. The van der Waals surface area contributed by atoms with Crippen LogP contribution in [0.3, 0.4) is 0 Å². The number of ether oxygens (including phenoxy) is 1. The van der Waals surface area contributed by atoms with E-state index < -0.39 is 0 Å². The van der Waals surface area contributed by atoms with Crippen LogP contribution in [0.4, 0.5) is 5.82 Å². The van der Waals surface area contributed by atoms with Gasteiger partial charge in [0.15, 0.2) is 5.82 Å². The molecule has 0 atom stereocenters. The Morgan fingerprint density at radius 1 is 1.53 bits per heavy atom. The van der Waals surface area contributed by atoms with Crippen LogP contribution >= 0.6 is 11.6 Å². The number of carbonyl (C=O) groups is 1. The van der Waals surface area contributed by atoms with E-state index in [4.69, 9.17) is 16.3 Å². The Morgan fingerprint density at radius 2 is 2.32 bits per heavy atom. The van der Waals surface area contributed by atoms with Gasteiger partial charge in [-0.3, -0.25) is 4.79 Å². The number of rotatable bonds is 7. The molecular weight excluding hydrogens is 268 g/mol.